The number of benzene rings is 2. The number of likely N-dealkylation sites (N-methyl/N-ethyl adjacent to an activating group) is 1. The number of carbonyl (C=O) groups is 1. The molecular formula is C21H23NO5. The van der Waals surface area contributed by atoms with Crippen molar-refractivity contribution in [1.29, 1.82) is 0 Å². The van der Waals surface area contributed by atoms with Gasteiger partial charge in [0.25, 0.3) is 0 Å². The van der Waals surface area contributed by atoms with Gasteiger partial charge in [-0.05, 0) is 47.9 Å². The fourth-order valence-electron chi connectivity index (χ4n) is 2.75. The number of amides is 1. The molecule has 6 heteroatoms. The Hall–Kier alpha value is -3.15. The molecule has 1 aliphatic rings. The Kier molecular flexibility index (Phi) is 5.86. The molecule has 2 aromatic carbocycles. The van der Waals surface area contributed by atoms with Gasteiger partial charge in [-0.2, -0.15) is 0 Å². The maximum atomic E-state index is 12.3. The van der Waals surface area contributed by atoms with E-state index >= 15 is 0 Å². The largest absolute Gasteiger partial charge is 0.493 e. The normalized spacial score (nSPS) is 12.3. The Morgan fingerprint density at radius 2 is 1.85 bits per heavy atom. The molecule has 6 nitrogen and oxygen atoms in total. The molecule has 0 radical (unpaired) electrons. The van der Waals surface area contributed by atoms with Crippen LogP contribution in [0.5, 0.6) is 23.0 Å². The van der Waals surface area contributed by atoms with Gasteiger partial charge in [-0.1, -0.05) is 12.1 Å². The highest BCUT2D eigenvalue weighted by atomic mass is 16.7. The lowest BCUT2D eigenvalue weighted by Crippen LogP contribution is -2.27. The molecule has 2 aromatic rings. The highest BCUT2D eigenvalue weighted by Gasteiger charge is 2.13. The van der Waals surface area contributed by atoms with Crippen LogP contribution in [-0.4, -0.2) is 45.4 Å². The molecule has 0 aliphatic carbocycles. The van der Waals surface area contributed by atoms with Crippen LogP contribution in [-0.2, 0) is 11.2 Å². The van der Waals surface area contributed by atoms with Gasteiger partial charge in [-0.25, -0.2) is 0 Å². The second-order valence-electron chi connectivity index (χ2n) is 6.15. The molecular weight excluding hydrogens is 346 g/mol. The van der Waals surface area contributed by atoms with E-state index in [0.717, 1.165) is 23.3 Å². The summed E-state index contributed by atoms with van der Waals surface area (Å²) in [6, 6.07) is 11.4. The lowest BCUT2D eigenvalue weighted by Gasteiger charge is -2.16. The van der Waals surface area contributed by atoms with E-state index in [4.69, 9.17) is 18.9 Å². The van der Waals surface area contributed by atoms with E-state index in [9.17, 15) is 4.79 Å². The summed E-state index contributed by atoms with van der Waals surface area (Å²) in [4.78, 5) is 14.0. The van der Waals surface area contributed by atoms with Crippen molar-refractivity contribution in [1.82, 2.24) is 4.90 Å². The highest BCUT2D eigenvalue weighted by molar-refractivity contribution is 5.91. The van der Waals surface area contributed by atoms with Crippen molar-refractivity contribution in [2.45, 2.75) is 6.42 Å². The number of nitrogens with zero attached hydrogens (tertiary/aromatic N) is 1. The first-order chi connectivity index (χ1) is 13.1. The zero-order valence-corrected chi connectivity index (χ0v) is 15.7. The van der Waals surface area contributed by atoms with Gasteiger partial charge in [0.2, 0.25) is 12.7 Å². The average molecular weight is 369 g/mol. The Balaban J connectivity index is 1.56. The van der Waals surface area contributed by atoms with E-state index in [2.05, 4.69) is 0 Å². The third-order valence-electron chi connectivity index (χ3n) is 4.38. The predicted molar refractivity (Wildman–Crippen MR) is 102 cm³/mol. The molecule has 0 spiro atoms. The monoisotopic (exact) mass is 369 g/mol. The van der Waals surface area contributed by atoms with Crippen LogP contribution in [0.4, 0.5) is 0 Å². The van der Waals surface area contributed by atoms with Gasteiger partial charge in [-0.3, -0.25) is 4.79 Å². The number of hydrogen-bond donors (Lipinski definition) is 0. The van der Waals surface area contributed by atoms with Crippen molar-refractivity contribution in [3.05, 3.63) is 53.6 Å². The SMILES string of the molecule is COc1ccc(CCN(C)C(=O)/C=C/c2ccc3c(c2)OCO3)cc1OC. The Labute approximate surface area is 158 Å². The third-order valence-corrected chi connectivity index (χ3v) is 4.38. The van der Waals surface area contributed by atoms with E-state index in [1.807, 2.05) is 36.4 Å². The molecule has 0 saturated carbocycles. The lowest BCUT2D eigenvalue weighted by atomic mass is 10.1. The van der Waals surface area contributed by atoms with Crippen LogP contribution < -0.4 is 18.9 Å². The summed E-state index contributed by atoms with van der Waals surface area (Å²) in [7, 11) is 5.00. The fraction of sp³-hybridized carbons (Fsp3) is 0.286. The van der Waals surface area contributed by atoms with Crippen molar-refractivity contribution >= 4 is 12.0 Å². The molecule has 0 aromatic heterocycles. The summed E-state index contributed by atoms with van der Waals surface area (Å²) in [6.07, 6.45) is 4.06. The summed E-state index contributed by atoms with van der Waals surface area (Å²) in [5.41, 5.74) is 1.97. The fourth-order valence-corrected chi connectivity index (χ4v) is 2.75. The molecule has 0 N–H and O–H groups in total. The number of rotatable bonds is 7. The van der Waals surface area contributed by atoms with E-state index in [1.54, 1.807) is 38.3 Å². The topological polar surface area (TPSA) is 57.2 Å². The smallest absolute Gasteiger partial charge is 0.246 e. The summed E-state index contributed by atoms with van der Waals surface area (Å²) < 4.78 is 21.2. The van der Waals surface area contributed by atoms with E-state index in [0.29, 0.717) is 23.8 Å². The summed E-state index contributed by atoms with van der Waals surface area (Å²) in [6.45, 7) is 0.833. The molecule has 1 amide bonds. The van der Waals surface area contributed by atoms with Crippen molar-refractivity contribution in [2.75, 3.05) is 34.6 Å². The summed E-state index contributed by atoms with van der Waals surface area (Å²) >= 11 is 0. The number of fused-ring (bicyclic) bond motifs is 1. The standard InChI is InChI=1S/C21H23NO5/c1-22(11-10-16-4-7-17(24-2)19(12-16)25-3)21(23)9-6-15-5-8-18-20(13-15)27-14-26-18/h4-9,12-13H,10-11,14H2,1-3H3/b9-6+. The van der Waals surface area contributed by atoms with Crippen molar-refractivity contribution < 1.29 is 23.7 Å². The molecule has 0 unspecified atom stereocenters. The quantitative estimate of drug-likeness (QED) is 0.702. The van der Waals surface area contributed by atoms with Gasteiger partial charge in [0.1, 0.15) is 0 Å². The lowest BCUT2D eigenvalue weighted by molar-refractivity contribution is -0.124. The molecule has 0 atom stereocenters. The first kappa shape index (κ1) is 18.6. The van der Waals surface area contributed by atoms with Crippen LogP contribution in [0.25, 0.3) is 6.08 Å². The number of carbonyl (C=O) groups excluding carboxylic acids is 1. The van der Waals surface area contributed by atoms with Crippen molar-refractivity contribution in [3.63, 3.8) is 0 Å². The van der Waals surface area contributed by atoms with Gasteiger partial charge in [0, 0.05) is 19.7 Å². The highest BCUT2D eigenvalue weighted by Crippen LogP contribution is 2.32. The molecule has 0 bridgehead atoms. The zero-order valence-electron chi connectivity index (χ0n) is 15.7. The van der Waals surface area contributed by atoms with E-state index in [-0.39, 0.29) is 12.7 Å². The molecule has 1 aliphatic heterocycles. The zero-order chi connectivity index (χ0) is 19.2. The van der Waals surface area contributed by atoms with Crippen LogP contribution in [0, 0.1) is 0 Å². The number of ether oxygens (including phenoxy) is 4. The predicted octanol–water partition coefficient (Wildman–Crippen LogP) is 3.15. The van der Waals surface area contributed by atoms with Gasteiger partial charge in [0.15, 0.2) is 23.0 Å². The summed E-state index contributed by atoms with van der Waals surface area (Å²) in [5.74, 6) is 2.74. The van der Waals surface area contributed by atoms with Gasteiger partial charge in [-0.15, -0.1) is 0 Å². The molecule has 142 valence electrons. The minimum absolute atomic E-state index is 0.0619. The Morgan fingerprint density at radius 1 is 1.07 bits per heavy atom. The molecule has 0 saturated heterocycles. The molecule has 3 rings (SSSR count). The second-order valence-corrected chi connectivity index (χ2v) is 6.15. The van der Waals surface area contributed by atoms with Crippen LogP contribution in [0.2, 0.25) is 0 Å². The Bertz CT molecular complexity index is 846. The number of methoxy groups -OCH3 is 2. The van der Waals surface area contributed by atoms with Crippen molar-refractivity contribution in [2.24, 2.45) is 0 Å². The van der Waals surface area contributed by atoms with Crippen LogP contribution in [0.3, 0.4) is 0 Å². The first-order valence-electron chi connectivity index (χ1n) is 8.64. The summed E-state index contributed by atoms with van der Waals surface area (Å²) in [5, 5.41) is 0. The van der Waals surface area contributed by atoms with Crippen LogP contribution >= 0.6 is 0 Å². The first-order valence-corrected chi connectivity index (χ1v) is 8.64. The van der Waals surface area contributed by atoms with Crippen LogP contribution in [0.1, 0.15) is 11.1 Å². The molecule has 1 heterocycles. The van der Waals surface area contributed by atoms with Gasteiger partial charge >= 0.3 is 0 Å². The second kappa shape index (κ2) is 8.49. The van der Waals surface area contributed by atoms with E-state index in [1.165, 1.54) is 0 Å². The van der Waals surface area contributed by atoms with Gasteiger partial charge < -0.3 is 23.8 Å². The van der Waals surface area contributed by atoms with Crippen LogP contribution in [0.15, 0.2) is 42.5 Å². The van der Waals surface area contributed by atoms with E-state index < -0.39 is 0 Å². The minimum Gasteiger partial charge on any atom is -0.493 e. The maximum absolute atomic E-state index is 12.3. The molecule has 0 fully saturated rings. The van der Waals surface area contributed by atoms with Gasteiger partial charge in [0.05, 0.1) is 14.2 Å². The maximum Gasteiger partial charge on any atom is 0.246 e. The minimum atomic E-state index is -0.0619. The number of hydrogen-bond acceptors (Lipinski definition) is 5. The Morgan fingerprint density at radius 3 is 2.63 bits per heavy atom. The average Bonchev–Trinajstić information content (AvgIpc) is 3.17. The third kappa shape index (κ3) is 4.53. The molecule has 27 heavy (non-hydrogen) atoms. The van der Waals surface area contributed by atoms with Crippen molar-refractivity contribution in [3.8, 4) is 23.0 Å².